The van der Waals surface area contributed by atoms with Crippen LogP contribution in [-0.2, 0) is 0 Å². The number of rotatable bonds is 7. The van der Waals surface area contributed by atoms with E-state index in [2.05, 4.69) is 22.4 Å². The summed E-state index contributed by atoms with van der Waals surface area (Å²) in [5.41, 5.74) is 1.57. The molecule has 1 aromatic rings. The summed E-state index contributed by atoms with van der Waals surface area (Å²) in [6, 6.07) is 7.38. The van der Waals surface area contributed by atoms with Gasteiger partial charge < -0.3 is 15.5 Å². The average Bonchev–Trinajstić information content (AvgIpc) is 2.62. The van der Waals surface area contributed by atoms with Crippen molar-refractivity contribution in [3.63, 3.8) is 0 Å². The van der Waals surface area contributed by atoms with E-state index in [1.54, 1.807) is 19.0 Å². The molecule has 1 fully saturated rings. The minimum absolute atomic E-state index is 0.00252. The van der Waals surface area contributed by atoms with E-state index in [1.807, 2.05) is 24.3 Å². The highest BCUT2D eigenvalue weighted by Crippen LogP contribution is 2.28. The molecule has 2 rings (SSSR count). The van der Waals surface area contributed by atoms with Gasteiger partial charge in [0, 0.05) is 37.1 Å². The van der Waals surface area contributed by atoms with Crippen molar-refractivity contribution < 1.29 is 4.79 Å². The third-order valence-corrected chi connectivity index (χ3v) is 6.02. The molecule has 1 amide bonds. The van der Waals surface area contributed by atoms with Crippen molar-refractivity contribution in [2.75, 3.05) is 31.7 Å². The highest BCUT2D eigenvalue weighted by Gasteiger charge is 2.13. The Bertz CT molecular complexity index is 554. The van der Waals surface area contributed by atoms with Crippen LogP contribution in [0.15, 0.2) is 24.3 Å². The molecule has 0 aliphatic heterocycles. The molecule has 2 N–H and O–H groups in total. The van der Waals surface area contributed by atoms with Gasteiger partial charge in [-0.05, 0) is 61.5 Å². The van der Waals surface area contributed by atoms with Crippen molar-refractivity contribution >= 4 is 40.7 Å². The second-order valence-electron chi connectivity index (χ2n) is 6.64. The van der Waals surface area contributed by atoms with Crippen LogP contribution in [0.2, 0.25) is 0 Å². The van der Waals surface area contributed by atoms with E-state index in [1.165, 1.54) is 37.9 Å². The van der Waals surface area contributed by atoms with Crippen LogP contribution < -0.4 is 10.6 Å². The van der Waals surface area contributed by atoms with Crippen LogP contribution in [0, 0.1) is 0 Å². The van der Waals surface area contributed by atoms with E-state index in [9.17, 15) is 4.79 Å². The summed E-state index contributed by atoms with van der Waals surface area (Å²) in [5.74, 6) is 1.20. The molecule has 0 unspecified atom stereocenters. The quantitative estimate of drug-likeness (QED) is 0.551. The third-order valence-electron chi connectivity index (χ3n) is 4.31. The Labute approximate surface area is 161 Å². The Morgan fingerprint density at radius 2 is 1.88 bits per heavy atom. The molecule has 6 heteroatoms. The highest BCUT2D eigenvalue weighted by molar-refractivity contribution is 7.99. The predicted molar refractivity (Wildman–Crippen MR) is 113 cm³/mol. The van der Waals surface area contributed by atoms with Gasteiger partial charge in [-0.3, -0.25) is 4.79 Å². The van der Waals surface area contributed by atoms with Crippen LogP contribution in [0.25, 0.3) is 0 Å². The molecule has 0 radical (unpaired) electrons. The molecule has 0 heterocycles. The SMILES string of the molecule is CN(C)C(=O)c1ccc(NC(=S)NCCCSC2CCCCC2)cc1. The molecular weight excluding hydrogens is 350 g/mol. The van der Waals surface area contributed by atoms with Crippen molar-refractivity contribution in [1.29, 1.82) is 0 Å². The topological polar surface area (TPSA) is 44.4 Å². The third kappa shape index (κ3) is 7.24. The van der Waals surface area contributed by atoms with E-state index >= 15 is 0 Å². The van der Waals surface area contributed by atoms with Gasteiger partial charge >= 0.3 is 0 Å². The molecule has 0 aromatic heterocycles. The summed E-state index contributed by atoms with van der Waals surface area (Å²) in [6.07, 6.45) is 8.14. The zero-order valence-electron chi connectivity index (χ0n) is 15.2. The molecule has 0 bridgehead atoms. The van der Waals surface area contributed by atoms with E-state index < -0.39 is 0 Å². The number of hydrogen-bond donors (Lipinski definition) is 2. The van der Waals surface area contributed by atoms with Gasteiger partial charge in [0.05, 0.1) is 0 Å². The summed E-state index contributed by atoms with van der Waals surface area (Å²) in [5, 5.41) is 7.93. The number of carbonyl (C=O) groups excluding carboxylic acids is 1. The summed E-state index contributed by atoms with van der Waals surface area (Å²) in [7, 11) is 3.50. The molecule has 138 valence electrons. The lowest BCUT2D eigenvalue weighted by Gasteiger charge is -2.20. The van der Waals surface area contributed by atoms with E-state index in [-0.39, 0.29) is 5.91 Å². The Morgan fingerprint density at radius 3 is 2.52 bits per heavy atom. The second kappa shape index (κ2) is 10.7. The Kier molecular flexibility index (Phi) is 8.55. The van der Waals surface area contributed by atoms with Gasteiger partial charge in [0.15, 0.2) is 5.11 Å². The van der Waals surface area contributed by atoms with Crippen LogP contribution in [0.3, 0.4) is 0 Å². The fourth-order valence-electron chi connectivity index (χ4n) is 2.89. The fourth-order valence-corrected chi connectivity index (χ4v) is 4.42. The molecule has 1 saturated carbocycles. The largest absolute Gasteiger partial charge is 0.362 e. The van der Waals surface area contributed by atoms with Crippen LogP contribution in [0.5, 0.6) is 0 Å². The Morgan fingerprint density at radius 1 is 1.20 bits per heavy atom. The molecule has 1 aromatic carbocycles. The monoisotopic (exact) mass is 379 g/mol. The lowest BCUT2D eigenvalue weighted by Crippen LogP contribution is -2.29. The first-order valence-electron chi connectivity index (χ1n) is 9.04. The number of carbonyl (C=O) groups is 1. The predicted octanol–water partition coefficient (Wildman–Crippen LogP) is 4.13. The minimum Gasteiger partial charge on any atom is -0.362 e. The standard InChI is InChI=1S/C19H29N3OS2/c1-22(2)18(23)15-9-11-16(12-10-15)21-19(24)20-13-6-14-25-17-7-4-3-5-8-17/h9-12,17H,3-8,13-14H2,1-2H3,(H2,20,21,24). The van der Waals surface area contributed by atoms with Crippen LogP contribution in [-0.4, -0.2) is 47.6 Å². The molecule has 1 aliphatic rings. The van der Waals surface area contributed by atoms with Crippen molar-refractivity contribution in [3.8, 4) is 0 Å². The number of nitrogens with zero attached hydrogens (tertiary/aromatic N) is 1. The molecule has 4 nitrogen and oxygen atoms in total. The molecule has 0 saturated heterocycles. The number of thioether (sulfide) groups is 1. The van der Waals surface area contributed by atoms with Crippen molar-refractivity contribution in [1.82, 2.24) is 10.2 Å². The smallest absolute Gasteiger partial charge is 0.253 e. The van der Waals surface area contributed by atoms with Crippen LogP contribution in [0.1, 0.15) is 48.9 Å². The van der Waals surface area contributed by atoms with Crippen LogP contribution >= 0.6 is 24.0 Å². The Hall–Kier alpha value is -1.27. The zero-order chi connectivity index (χ0) is 18.1. The lowest BCUT2D eigenvalue weighted by molar-refractivity contribution is 0.0827. The maximum absolute atomic E-state index is 11.9. The zero-order valence-corrected chi connectivity index (χ0v) is 16.8. The number of nitrogens with one attached hydrogen (secondary N) is 2. The minimum atomic E-state index is 0.00252. The molecule has 25 heavy (non-hydrogen) atoms. The second-order valence-corrected chi connectivity index (χ2v) is 8.46. The van der Waals surface area contributed by atoms with Crippen molar-refractivity contribution in [2.45, 2.75) is 43.8 Å². The number of benzene rings is 1. The molecular formula is C19H29N3OS2. The van der Waals surface area contributed by atoms with Crippen molar-refractivity contribution in [3.05, 3.63) is 29.8 Å². The van der Waals surface area contributed by atoms with E-state index in [0.29, 0.717) is 10.7 Å². The van der Waals surface area contributed by atoms with E-state index in [4.69, 9.17) is 12.2 Å². The number of thiocarbonyl (C=S) groups is 1. The van der Waals surface area contributed by atoms with Gasteiger partial charge in [-0.2, -0.15) is 11.8 Å². The first kappa shape index (κ1) is 20.0. The van der Waals surface area contributed by atoms with E-state index in [0.717, 1.165) is 23.9 Å². The fraction of sp³-hybridized carbons (Fsp3) is 0.579. The van der Waals surface area contributed by atoms with Gasteiger partial charge in [-0.25, -0.2) is 0 Å². The number of amides is 1. The van der Waals surface area contributed by atoms with Crippen molar-refractivity contribution in [2.24, 2.45) is 0 Å². The first-order valence-corrected chi connectivity index (χ1v) is 10.5. The highest BCUT2D eigenvalue weighted by atomic mass is 32.2. The first-order chi connectivity index (χ1) is 12.1. The maximum atomic E-state index is 11.9. The normalized spacial score (nSPS) is 14.8. The van der Waals surface area contributed by atoms with Gasteiger partial charge in [0.1, 0.15) is 0 Å². The summed E-state index contributed by atoms with van der Waals surface area (Å²) >= 11 is 7.45. The molecule has 1 aliphatic carbocycles. The lowest BCUT2D eigenvalue weighted by atomic mass is 10.0. The number of hydrogen-bond acceptors (Lipinski definition) is 3. The van der Waals surface area contributed by atoms with Gasteiger partial charge in [0.2, 0.25) is 0 Å². The Balaban J connectivity index is 1.62. The number of anilines is 1. The summed E-state index contributed by atoms with van der Waals surface area (Å²) in [6.45, 7) is 0.892. The van der Waals surface area contributed by atoms with Gasteiger partial charge in [-0.15, -0.1) is 0 Å². The van der Waals surface area contributed by atoms with Gasteiger partial charge in [-0.1, -0.05) is 19.3 Å². The van der Waals surface area contributed by atoms with Gasteiger partial charge in [0.25, 0.3) is 5.91 Å². The average molecular weight is 380 g/mol. The summed E-state index contributed by atoms with van der Waals surface area (Å²) < 4.78 is 0. The molecule has 0 spiro atoms. The maximum Gasteiger partial charge on any atom is 0.253 e. The summed E-state index contributed by atoms with van der Waals surface area (Å²) in [4.78, 5) is 13.4. The van der Waals surface area contributed by atoms with Crippen LogP contribution in [0.4, 0.5) is 5.69 Å². The molecule has 0 atom stereocenters.